The Labute approximate surface area is 609 Å². The van der Waals surface area contributed by atoms with Crippen molar-refractivity contribution in [3.63, 3.8) is 0 Å². The molecule has 0 radical (unpaired) electrons. The van der Waals surface area contributed by atoms with Crippen LogP contribution in [-0.4, -0.2) is 44.4 Å². The topological polar surface area (TPSA) is 134 Å². The van der Waals surface area contributed by atoms with E-state index in [0.29, 0.717) is 35.1 Å². The molecular formula is C92H55N9O2S2. The zero-order valence-corrected chi connectivity index (χ0v) is 57.5. The Morgan fingerprint density at radius 3 is 1.11 bits per heavy atom. The van der Waals surface area contributed by atoms with Crippen LogP contribution in [0.15, 0.2) is 342 Å². The van der Waals surface area contributed by atoms with Gasteiger partial charge in [0.05, 0.1) is 31.5 Å². The first kappa shape index (κ1) is 61.2. The highest BCUT2D eigenvalue weighted by Crippen LogP contribution is 2.45. The average molecular weight is 1380 g/mol. The van der Waals surface area contributed by atoms with Gasteiger partial charge in [0, 0.05) is 82.4 Å². The monoisotopic (exact) mass is 1380 g/mol. The molecule has 0 saturated heterocycles. The van der Waals surface area contributed by atoms with Gasteiger partial charge in [-0.3, -0.25) is 4.57 Å². The molecule has 0 fully saturated rings. The van der Waals surface area contributed by atoms with Gasteiger partial charge in [-0.15, -0.1) is 22.7 Å². The van der Waals surface area contributed by atoms with Gasteiger partial charge in [0.15, 0.2) is 29.1 Å². The summed E-state index contributed by atoms with van der Waals surface area (Å²) in [5.74, 6) is 3.55. The van der Waals surface area contributed by atoms with Crippen molar-refractivity contribution in [3.05, 3.63) is 334 Å². The van der Waals surface area contributed by atoms with Gasteiger partial charge in [-0.25, -0.2) is 29.9 Å². The summed E-state index contributed by atoms with van der Waals surface area (Å²) in [6.07, 6.45) is 0. The second kappa shape index (κ2) is 25.7. The second-order valence-electron chi connectivity index (χ2n) is 25.7. The van der Waals surface area contributed by atoms with Crippen LogP contribution in [0.3, 0.4) is 0 Å². The molecule has 0 atom stereocenters. The van der Waals surface area contributed by atoms with E-state index < -0.39 is 0 Å². The van der Waals surface area contributed by atoms with E-state index in [-0.39, 0.29) is 0 Å². The summed E-state index contributed by atoms with van der Waals surface area (Å²) in [7, 11) is 0. The lowest BCUT2D eigenvalue weighted by atomic mass is 9.99. The molecule has 14 aromatic carbocycles. The molecule has 105 heavy (non-hydrogen) atoms. The first-order valence-electron chi connectivity index (χ1n) is 34.6. The van der Waals surface area contributed by atoms with E-state index in [2.05, 4.69) is 235 Å². The maximum atomic E-state index is 6.74. The number of aromatic nitrogens is 9. The Balaban J connectivity index is 0.000000139. The number of nitrogens with zero attached hydrogens (tertiary/aromatic N) is 9. The zero-order chi connectivity index (χ0) is 69.3. The molecule has 0 aliphatic carbocycles. The Morgan fingerprint density at radius 1 is 0.238 bits per heavy atom. The molecule has 0 spiro atoms. The summed E-state index contributed by atoms with van der Waals surface area (Å²) in [6.45, 7) is 0. The highest BCUT2D eigenvalue weighted by atomic mass is 32.1. The second-order valence-corrected chi connectivity index (χ2v) is 27.8. The van der Waals surface area contributed by atoms with E-state index in [9.17, 15) is 0 Å². The van der Waals surface area contributed by atoms with Crippen molar-refractivity contribution in [2.45, 2.75) is 0 Å². The molecule has 0 aliphatic rings. The number of hydrogen-bond acceptors (Lipinski definition) is 12. The van der Waals surface area contributed by atoms with Gasteiger partial charge in [0.1, 0.15) is 32.3 Å². The number of fused-ring (bicyclic) bond motifs is 11. The van der Waals surface area contributed by atoms with Crippen molar-refractivity contribution in [2.75, 3.05) is 0 Å². The van der Waals surface area contributed by atoms with Gasteiger partial charge < -0.3 is 8.83 Å². The van der Waals surface area contributed by atoms with Crippen LogP contribution in [0.25, 0.3) is 204 Å². The average Bonchev–Trinajstić information content (AvgIpc) is 1.62. The molecule has 492 valence electrons. The normalized spacial score (nSPS) is 11.6. The van der Waals surface area contributed by atoms with Crippen molar-refractivity contribution >= 4 is 109 Å². The lowest BCUT2D eigenvalue weighted by Crippen LogP contribution is -2.06. The van der Waals surface area contributed by atoms with Crippen LogP contribution < -0.4 is 0 Å². The van der Waals surface area contributed by atoms with Gasteiger partial charge >= 0.3 is 0 Å². The van der Waals surface area contributed by atoms with Gasteiger partial charge in [0.25, 0.3) is 0 Å². The largest absolute Gasteiger partial charge is 0.455 e. The minimum atomic E-state index is 0.559. The van der Waals surface area contributed by atoms with Crippen molar-refractivity contribution in [1.82, 2.24) is 44.4 Å². The molecule has 13 heteroatoms. The molecule has 0 saturated carbocycles. The van der Waals surface area contributed by atoms with Gasteiger partial charge in [-0.05, 0) is 89.0 Å². The summed E-state index contributed by atoms with van der Waals surface area (Å²) in [4.78, 5) is 40.6. The van der Waals surface area contributed by atoms with Crippen LogP contribution >= 0.6 is 22.7 Å². The maximum absolute atomic E-state index is 6.74. The van der Waals surface area contributed by atoms with Crippen molar-refractivity contribution in [2.24, 2.45) is 0 Å². The maximum Gasteiger partial charge on any atom is 0.238 e. The molecule has 0 amide bonds. The molecule has 0 aliphatic heterocycles. The zero-order valence-electron chi connectivity index (χ0n) is 55.9. The third kappa shape index (κ3) is 11.1. The summed E-state index contributed by atoms with van der Waals surface area (Å²) in [5, 5.41) is 8.22. The molecule has 0 bridgehead atoms. The number of furan rings is 2. The van der Waals surface area contributed by atoms with Crippen LogP contribution in [0, 0.1) is 0 Å². The minimum absolute atomic E-state index is 0.559. The molecule has 7 heterocycles. The van der Waals surface area contributed by atoms with Gasteiger partial charge in [-0.1, -0.05) is 267 Å². The Morgan fingerprint density at radius 2 is 0.590 bits per heavy atom. The Bertz CT molecular complexity index is 6820. The Hall–Kier alpha value is -13.7. The lowest BCUT2D eigenvalue weighted by Gasteiger charge is -2.11. The van der Waals surface area contributed by atoms with Crippen LogP contribution in [0.2, 0.25) is 0 Å². The standard InChI is InChI=1S/C46H27N5OS.C46H28N4OS/c1-2-13-28(14-3-1)43-48-44(50-46(49-43)51-37-23-7-4-17-32(37)33-18-5-8-24-38(33)51)35-21-12-25-39-41(35)34-20-11-19-31(42(34)52-39)29-15-10-16-30(27-29)45-47-36-22-6-9-26-40(36)53-45;1-3-13-29(14-4-1)31-17-9-19-33(27-31)44-48-43(30-15-5-2-6-16-30)49-45(50-44)37-23-12-25-39-41(37)36-22-11-21-35(42(36)51-39)32-18-10-20-34(28-32)46-47-38-24-7-8-26-40(38)52-46/h1-27H;1-28H. The number of rotatable bonds is 11. The SMILES string of the molecule is c1ccc(-c2cccc(-c3nc(-c4ccccc4)nc(-c4cccc5oc6c(-c7cccc(-c8nc9ccccc9s8)c7)cccc6c45)n3)c2)cc1.c1ccc(-c2nc(-c3cccc4oc5c(-c6cccc(-c7nc8ccccc8s7)c6)cccc5c34)nc(-n3c4ccccc4c4ccccc43)n2)cc1. The van der Waals surface area contributed by atoms with E-state index in [1.165, 1.54) is 9.40 Å². The number of thiazole rings is 2. The third-order valence-electron chi connectivity index (χ3n) is 19.3. The first-order valence-corrected chi connectivity index (χ1v) is 36.2. The minimum Gasteiger partial charge on any atom is -0.455 e. The van der Waals surface area contributed by atoms with E-state index in [4.69, 9.17) is 48.7 Å². The predicted molar refractivity (Wildman–Crippen MR) is 429 cm³/mol. The fourth-order valence-corrected chi connectivity index (χ4v) is 16.3. The molecule has 7 aromatic heterocycles. The number of para-hydroxylation sites is 6. The molecule has 21 aromatic rings. The number of hydrogen-bond donors (Lipinski definition) is 0. The summed E-state index contributed by atoms with van der Waals surface area (Å²) in [5.41, 5.74) is 20.4. The van der Waals surface area contributed by atoms with Crippen LogP contribution in [0.4, 0.5) is 0 Å². The van der Waals surface area contributed by atoms with E-state index in [1.807, 2.05) is 103 Å². The van der Waals surface area contributed by atoms with E-state index in [0.717, 1.165) is 159 Å². The van der Waals surface area contributed by atoms with Crippen molar-refractivity contribution < 1.29 is 8.83 Å². The molecule has 0 unspecified atom stereocenters. The van der Waals surface area contributed by atoms with Crippen LogP contribution in [0.5, 0.6) is 0 Å². The smallest absolute Gasteiger partial charge is 0.238 e. The van der Waals surface area contributed by atoms with Crippen molar-refractivity contribution in [1.29, 1.82) is 0 Å². The molecule has 21 rings (SSSR count). The first-order chi connectivity index (χ1) is 52.0. The highest BCUT2D eigenvalue weighted by molar-refractivity contribution is 7.22. The number of benzene rings is 14. The summed E-state index contributed by atoms with van der Waals surface area (Å²) >= 11 is 3.41. The van der Waals surface area contributed by atoms with Gasteiger partial charge in [-0.2, -0.15) is 9.97 Å². The highest BCUT2D eigenvalue weighted by Gasteiger charge is 2.24. The van der Waals surface area contributed by atoms with E-state index >= 15 is 0 Å². The van der Waals surface area contributed by atoms with Crippen LogP contribution in [-0.2, 0) is 0 Å². The Kier molecular flexibility index (Phi) is 15.0. The van der Waals surface area contributed by atoms with E-state index in [1.54, 1.807) is 22.7 Å². The molecule has 0 N–H and O–H groups in total. The third-order valence-corrected chi connectivity index (χ3v) is 21.5. The fourth-order valence-electron chi connectivity index (χ4n) is 14.4. The summed E-state index contributed by atoms with van der Waals surface area (Å²) < 4.78 is 17.9. The van der Waals surface area contributed by atoms with Crippen LogP contribution in [0.1, 0.15) is 0 Å². The van der Waals surface area contributed by atoms with Gasteiger partial charge in [0.2, 0.25) is 5.95 Å². The molecular weight excluding hydrogens is 1330 g/mol. The summed E-state index contributed by atoms with van der Waals surface area (Å²) in [6, 6.07) is 114. The predicted octanol–water partition coefficient (Wildman–Crippen LogP) is 24.5. The fraction of sp³-hybridized carbons (Fsp3) is 0. The molecule has 11 nitrogen and oxygen atoms in total. The van der Waals surface area contributed by atoms with Crippen molar-refractivity contribution in [3.8, 4) is 117 Å². The lowest BCUT2D eigenvalue weighted by molar-refractivity contribution is 0.669. The quantitative estimate of drug-likeness (QED) is 0.123.